The molecule has 4 nitrogen and oxygen atoms in total. The SMILES string of the molecule is O=C(O)C1CC2CCC1N2Cc1csc(-c2ccc(Cl)cc2)n1. The predicted molar refractivity (Wildman–Crippen MR) is 90.7 cm³/mol. The number of halogens is 1. The van der Waals surface area contributed by atoms with Gasteiger partial charge >= 0.3 is 5.97 Å². The van der Waals surface area contributed by atoms with E-state index in [0.717, 1.165) is 47.1 Å². The van der Waals surface area contributed by atoms with E-state index in [1.165, 1.54) is 0 Å². The topological polar surface area (TPSA) is 53.4 Å². The smallest absolute Gasteiger partial charge is 0.308 e. The van der Waals surface area contributed by atoms with Gasteiger partial charge < -0.3 is 5.11 Å². The third kappa shape index (κ3) is 2.77. The lowest BCUT2D eigenvalue weighted by molar-refractivity contribution is -0.142. The van der Waals surface area contributed by atoms with Gasteiger partial charge in [0, 0.05) is 34.6 Å². The van der Waals surface area contributed by atoms with Crippen LogP contribution in [0.3, 0.4) is 0 Å². The molecule has 3 unspecified atom stereocenters. The van der Waals surface area contributed by atoms with E-state index in [0.29, 0.717) is 6.04 Å². The summed E-state index contributed by atoms with van der Waals surface area (Å²) in [6.45, 7) is 0.753. The van der Waals surface area contributed by atoms with Gasteiger partial charge in [-0.1, -0.05) is 23.7 Å². The number of hydrogen-bond acceptors (Lipinski definition) is 4. The molecule has 0 aliphatic carbocycles. The summed E-state index contributed by atoms with van der Waals surface area (Å²) in [5.41, 5.74) is 2.10. The zero-order valence-corrected chi connectivity index (χ0v) is 14.1. The lowest BCUT2D eigenvalue weighted by Gasteiger charge is -2.21. The third-order valence-corrected chi connectivity index (χ3v) is 6.18. The van der Waals surface area contributed by atoms with E-state index in [1.54, 1.807) is 11.3 Å². The van der Waals surface area contributed by atoms with Crippen LogP contribution in [-0.4, -0.2) is 33.0 Å². The van der Waals surface area contributed by atoms with Crippen LogP contribution in [0.25, 0.3) is 10.6 Å². The summed E-state index contributed by atoms with van der Waals surface area (Å²) in [5, 5.41) is 13.1. The Morgan fingerprint density at radius 2 is 2.13 bits per heavy atom. The van der Waals surface area contributed by atoms with Gasteiger partial charge in [0.2, 0.25) is 0 Å². The Morgan fingerprint density at radius 1 is 1.35 bits per heavy atom. The average Bonchev–Trinajstić information content (AvgIpc) is 3.24. The van der Waals surface area contributed by atoms with E-state index in [4.69, 9.17) is 16.6 Å². The largest absolute Gasteiger partial charge is 0.481 e. The lowest BCUT2D eigenvalue weighted by atomic mass is 9.89. The van der Waals surface area contributed by atoms with Crippen molar-refractivity contribution in [1.82, 2.24) is 9.88 Å². The van der Waals surface area contributed by atoms with E-state index < -0.39 is 5.97 Å². The van der Waals surface area contributed by atoms with Crippen molar-refractivity contribution in [1.29, 1.82) is 0 Å². The van der Waals surface area contributed by atoms with Crippen LogP contribution in [-0.2, 0) is 11.3 Å². The lowest BCUT2D eigenvalue weighted by Crippen LogP contribution is -2.32. The summed E-state index contributed by atoms with van der Waals surface area (Å²) in [5.74, 6) is -0.856. The molecular weight excluding hydrogens is 332 g/mol. The van der Waals surface area contributed by atoms with Crippen LogP contribution < -0.4 is 0 Å². The Labute approximate surface area is 143 Å². The Morgan fingerprint density at radius 3 is 2.83 bits per heavy atom. The molecule has 0 saturated carbocycles. The van der Waals surface area contributed by atoms with E-state index >= 15 is 0 Å². The molecule has 6 heteroatoms. The molecule has 0 amide bonds. The fourth-order valence-electron chi connectivity index (χ4n) is 3.90. The molecule has 2 bridgehead atoms. The number of aliphatic carboxylic acids is 1. The average molecular weight is 349 g/mol. The van der Waals surface area contributed by atoms with Crippen molar-refractivity contribution in [3.63, 3.8) is 0 Å². The molecule has 1 aromatic heterocycles. The summed E-state index contributed by atoms with van der Waals surface area (Å²) >= 11 is 7.55. The van der Waals surface area contributed by atoms with E-state index in [1.807, 2.05) is 24.3 Å². The van der Waals surface area contributed by atoms with Gasteiger partial charge in [-0.25, -0.2) is 4.98 Å². The molecule has 2 saturated heterocycles. The number of benzene rings is 1. The van der Waals surface area contributed by atoms with Crippen molar-refractivity contribution in [2.24, 2.45) is 5.92 Å². The van der Waals surface area contributed by atoms with E-state index in [9.17, 15) is 9.90 Å². The number of carbonyl (C=O) groups is 1. The molecule has 0 spiro atoms. The van der Waals surface area contributed by atoms with Gasteiger partial charge in [0.1, 0.15) is 5.01 Å². The Balaban J connectivity index is 1.50. The molecule has 0 radical (unpaired) electrons. The maximum absolute atomic E-state index is 11.4. The number of aromatic nitrogens is 1. The van der Waals surface area contributed by atoms with Gasteiger partial charge in [-0.15, -0.1) is 11.3 Å². The minimum atomic E-state index is -0.651. The van der Waals surface area contributed by atoms with Crippen LogP contribution in [0.2, 0.25) is 5.02 Å². The highest BCUT2D eigenvalue weighted by molar-refractivity contribution is 7.13. The van der Waals surface area contributed by atoms with Crippen molar-refractivity contribution in [2.45, 2.75) is 37.9 Å². The van der Waals surface area contributed by atoms with Crippen LogP contribution >= 0.6 is 22.9 Å². The molecule has 4 rings (SSSR count). The van der Waals surface area contributed by atoms with Crippen LogP contribution in [0.15, 0.2) is 29.6 Å². The van der Waals surface area contributed by atoms with Crippen molar-refractivity contribution >= 4 is 28.9 Å². The number of carboxylic acid groups (broad SMARTS) is 1. The second-order valence-electron chi connectivity index (χ2n) is 6.30. The van der Waals surface area contributed by atoms with Crippen LogP contribution in [0.1, 0.15) is 25.0 Å². The van der Waals surface area contributed by atoms with E-state index in [-0.39, 0.29) is 12.0 Å². The highest BCUT2D eigenvalue weighted by Gasteiger charge is 2.49. The minimum absolute atomic E-state index is 0.179. The highest BCUT2D eigenvalue weighted by Crippen LogP contribution is 2.42. The number of rotatable bonds is 4. The van der Waals surface area contributed by atoms with E-state index in [2.05, 4.69) is 10.3 Å². The number of nitrogens with zero attached hydrogens (tertiary/aromatic N) is 2. The number of thiazole rings is 1. The van der Waals surface area contributed by atoms with Gasteiger partial charge in [0.25, 0.3) is 0 Å². The summed E-state index contributed by atoms with van der Waals surface area (Å²) in [6.07, 6.45) is 2.90. The Hall–Kier alpha value is -1.43. The van der Waals surface area contributed by atoms with Gasteiger partial charge in [0.05, 0.1) is 11.6 Å². The summed E-state index contributed by atoms with van der Waals surface area (Å²) in [6, 6.07) is 8.28. The van der Waals surface area contributed by atoms with Gasteiger partial charge in [0.15, 0.2) is 0 Å². The van der Waals surface area contributed by atoms with Gasteiger partial charge in [-0.05, 0) is 31.4 Å². The molecular formula is C17H17ClN2O2S. The maximum Gasteiger partial charge on any atom is 0.308 e. The molecule has 3 atom stereocenters. The van der Waals surface area contributed by atoms with Crippen molar-refractivity contribution < 1.29 is 9.90 Å². The third-order valence-electron chi connectivity index (χ3n) is 4.99. The molecule has 1 N–H and O–H groups in total. The molecule has 23 heavy (non-hydrogen) atoms. The van der Waals surface area contributed by atoms with Gasteiger partial charge in [-0.3, -0.25) is 9.69 Å². The van der Waals surface area contributed by atoms with Crippen molar-refractivity contribution in [2.75, 3.05) is 0 Å². The zero-order valence-electron chi connectivity index (χ0n) is 12.5. The summed E-state index contributed by atoms with van der Waals surface area (Å²) in [7, 11) is 0. The highest BCUT2D eigenvalue weighted by atomic mass is 35.5. The molecule has 2 aliphatic heterocycles. The van der Waals surface area contributed by atoms with Crippen LogP contribution in [0, 0.1) is 5.92 Å². The fraction of sp³-hybridized carbons (Fsp3) is 0.412. The van der Waals surface area contributed by atoms with Gasteiger partial charge in [-0.2, -0.15) is 0 Å². The zero-order chi connectivity index (χ0) is 16.0. The fourth-order valence-corrected chi connectivity index (χ4v) is 4.85. The second kappa shape index (κ2) is 5.89. The molecule has 2 aliphatic rings. The van der Waals surface area contributed by atoms with Crippen LogP contribution in [0.5, 0.6) is 0 Å². The first kappa shape index (κ1) is 15.1. The number of carboxylic acids is 1. The predicted octanol–water partition coefficient (Wildman–Crippen LogP) is 3.90. The molecule has 1 aromatic carbocycles. The molecule has 2 fully saturated rings. The molecule has 120 valence electrons. The standard InChI is InChI=1S/C17H17ClN2O2S/c18-11-3-1-10(2-4-11)16-19-12(9-23-16)8-20-13-5-6-15(20)14(7-13)17(21)22/h1-4,9,13-15H,5-8H2,(H,21,22). The van der Waals surface area contributed by atoms with Crippen molar-refractivity contribution in [3.8, 4) is 10.6 Å². The first-order valence-electron chi connectivity index (χ1n) is 7.80. The van der Waals surface area contributed by atoms with Crippen molar-refractivity contribution in [3.05, 3.63) is 40.4 Å². The first-order chi connectivity index (χ1) is 11.1. The maximum atomic E-state index is 11.4. The molecule has 3 heterocycles. The summed E-state index contributed by atoms with van der Waals surface area (Å²) < 4.78 is 0. The summed E-state index contributed by atoms with van der Waals surface area (Å²) in [4.78, 5) is 18.4. The van der Waals surface area contributed by atoms with Crippen LogP contribution in [0.4, 0.5) is 0 Å². The first-order valence-corrected chi connectivity index (χ1v) is 9.06. The Bertz CT molecular complexity index is 730. The minimum Gasteiger partial charge on any atom is -0.481 e. The quantitative estimate of drug-likeness (QED) is 0.910. The second-order valence-corrected chi connectivity index (χ2v) is 7.60. The number of fused-ring (bicyclic) bond motifs is 2. The molecule has 2 aromatic rings. The normalized spacial score (nSPS) is 26.7. The monoisotopic (exact) mass is 348 g/mol. The Kier molecular flexibility index (Phi) is 3.87. The number of hydrogen-bond donors (Lipinski definition) is 1.